The molecule has 0 aromatic heterocycles. The molecular formula is C14H17BrFN3O2. The SMILES string of the molecule is NC(=O)CN(C(=O)c1c(F)cccc1Br)C1CCNCC1. The van der Waals surface area contributed by atoms with E-state index < -0.39 is 17.6 Å². The number of nitrogens with zero attached hydrogens (tertiary/aromatic N) is 1. The minimum atomic E-state index is -0.613. The minimum absolute atomic E-state index is 0.0581. The van der Waals surface area contributed by atoms with Gasteiger partial charge in [-0.1, -0.05) is 6.07 Å². The number of amides is 2. The van der Waals surface area contributed by atoms with Crippen LogP contribution in [0.1, 0.15) is 23.2 Å². The van der Waals surface area contributed by atoms with Gasteiger partial charge in [-0.05, 0) is 54.0 Å². The average Bonchev–Trinajstić information content (AvgIpc) is 2.45. The summed E-state index contributed by atoms with van der Waals surface area (Å²) in [7, 11) is 0. The van der Waals surface area contributed by atoms with Crippen LogP contribution in [0.3, 0.4) is 0 Å². The summed E-state index contributed by atoms with van der Waals surface area (Å²) < 4.78 is 14.3. The molecule has 0 saturated carbocycles. The lowest BCUT2D eigenvalue weighted by atomic mass is 10.0. The molecule has 1 aliphatic rings. The summed E-state index contributed by atoms with van der Waals surface area (Å²) in [5, 5.41) is 3.19. The van der Waals surface area contributed by atoms with Crippen LogP contribution >= 0.6 is 15.9 Å². The second-order valence-electron chi connectivity index (χ2n) is 4.98. The average molecular weight is 358 g/mol. The van der Waals surface area contributed by atoms with Gasteiger partial charge in [0.15, 0.2) is 0 Å². The maximum atomic E-state index is 14.0. The van der Waals surface area contributed by atoms with E-state index in [4.69, 9.17) is 5.73 Å². The molecule has 3 N–H and O–H groups in total. The third kappa shape index (κ3) is 3.79. The van der Waals surface area contributed by atoms with E-state index in [0.29, 0.717) is 17.3 Å². The number of nitrogens with two attached hydrogens (primary N) is 1. The van der Waals surface area contributed by atoms with Crippen LogP contribution in [0.5, 0.6) is 0 Å². The first-order chi connectivity index (χ1) is 10.0. The lowest BCUT2D eigenvalue weighted by molar-refractivity contribution is -0.119. The normalized spacial score (nSPS) is 15.7. The van der Waals surface area contributed by atoms with Gasteiger partial charge in [-0.25, -0.2) is 4.39 Å². The number of primary amides is 1. The summed E-state index contributed by atoms with van der Waals surface area (Å²) in [6.45, 7) is 1.31. The van der Waals surface area contributed by atoms with Gasteiger partial charge in [0.2, 0.25) is 5.91 Å². The Morgan fingerprint density at radius 3 is 2.62 bits per heavy atom. The highest BCUT2D eigenvalue weighted by Gasteiger charge is 2.30. The molecule has 1 aliphatic heterocycles. The van der Waals surface area contributed by atoms with Crippen molar-refractivity contribution in [1.29, 1.82) is 0 Å². The van der Waals surface area contributed by atoms with Crippen molar-refractivity contribution in [2.45, 2.75) is 18.9 Å². The van der Waals surface area contributed by atoms with Crippen molar-refractivity contribution >= 4 is 27.7 Å². The van der Waals surface area contributed by atoms with Crippen LogP contribution in [-0.4, -0.2) is 42.4 Å². The van der Waals surface area contributed by atoms with Crippen molar-refractivity contribution in [2.24, 2.45) is 5.73 Å². The number of benzene rings is 1. The van der Waals surface area contributed by atoms with E-state index in [2.05, 4.69) is 21.2 Å². The molecule has 1 fully saturated rings. The second kappa shape index (κ2) is 7.00. The Kier molecular flexibility index (Phi) is 5.30. The van der Waals surface area contributed by atoms with Gasteiger partial charge in [0.1, 0.15) is 5.82 Å². The van der Waals surface area contributed by atoms with Crippen molar-refractivity contribution in [3.8, 4) is 0 Å². The summed E-state index contributed by atoms with van der Waals surface area (Å²) in [6, 6.07) is 4.22. The highest BCUT2D eigenvalue weighted by Crippen LogP contribution is 2.24. The van der Waals surface area contributed by atoms with Crippen LogP contribution in [0.25, 0.3) is 0 Å². The highest BCUT2D eigenvalue weighted by molar-refractivity contribution is 9.10. The predicted molar refractivity (Wildman–Crippen MR) is 80.2 cm³/mol. The molecule has 114 valence electrons. The number of hydrogen-bond donors (Lipinski definition) is 2. The van der Waals surface area contributed by atoms with Crippen molar-refractivity contribution < 1.29 is 14.0 Å². The largest absolute Gasteiger partial charge is 0.368 e. The van der Waals surface area contributed by atoms with Crippen molar-refractivity contribution in [1.82, 2.24) is 10.2 Å². The lowest BCUT2D eigenvalue weighted by Gasteiger charge is -2.34. The van der Waals surface area contributed by atoms with Crippen LogP contribution in [0.15, 0.2) is 22.7 Å². The standard InChI is InChI=1S/C14H17BrFN3O2/c15-10-2-1-3-11(16)13(10)14(21)19(8-12(17)20)9-4-6-18-7-5-9/h1-3,9,18H,4-8H2,(H2,17,20). The van der Waals surface area contributed by atoms with Crippen LogP contribution in [0, 0.1) is 5.82 Å². The summed E-state index contributed by atoms with van der Waals surface area (Å²) in [4.78, 5) is 25.3. The molecule has 1 aromatic carbocycles. The fourth-order valence-corrected chi connectivity index (χ4v) is 3.01. The van der Waals surface area contributed by atoms with Crippen LogP contribution in [0.2, 0.25) is 0 Å². The first-order valence-electron chi connectivity index (χ1n) is 6.74. The number of nitrogens with one attached hydrogen (secondary N) is 1. The molecule has 0 aliphatic carbocycles. The smallest absolute Gasteiger partial charge is 0.258 e. The zero-order valence-electron chi connectivity index (χ0n) is 11.4. The Morgan fingerprint density at radius 1 is 1.38 bits per heavy atom. The van der Waals surface area contributed by atoms with Crippen LogP contribution in [0.4, 0.5) is 4.39 Å². The Bertz CT molecular complexity index is 527. The Hall–Kier alpha value is -1.47. The number of halogens is 2. The zero-order chi connectivity index (χ0) is 15.4. The van der Waals surface area contributed by atoms with Gasteiger partial charge in [-0.3, -0.25) is 9.59 Å². The molecule has 5 nitrogen and oxygen atoms in total. The van der Waals surface area contributed by atoms with E-state index in [-0.39, 0.29) is 18.2 Å². The minimum Gasteiger partial charge on any atom is -0.368 e. The number of carbonyl (C=O) groups is 2. The van der Waals surface area contributed by atoms with Crippen molar-refractivity contribution in [2.75, 3.05) is 19.6 Å². The molecule has 0 atom stereocenters. The van der Waals surface area contributed by atoms with Crippen LogP contribution in [-0.2, 0) is 4.79 Å². The van der Waals surface area contributed by atoms with Gasteiger partial charge < -0.3 is 16.0 Å². The summed E-state index contributed by atoms with van der Waals surface area (Å²) >= 11 is 3.19. The Labute approximate surface area is 130 Å². The summed E-state index contributed by atoms with van der Waals surface area (Å²) in [6.07, 6.45) is 1.43. The summed E-state index contributed by atoms with van der Waals surface area (Å²) in [5.74, 6) is -1.72. The van der Waals surface area contributed by atoms with Gasteiger partial charge in [0, 0.05) is 10.5 Å². The van der Waals surface area contributed by atoms with Crippen molar-refractivity contribution in [3.05, 3.63) is 34.1 Å². The molecule has 2 amide bonds. The van der Waals surface area contributed by atoms with E-state index >= 15 is 0 Å². The molecule has 0 unspecified atom stereocenters. The molecule has 1 aromatic rings. The van der Waals surface area contributed by atoms with Gasteiger partial charge in [0.05, 0.1) is 12.1 Å². The summed E-state index contributed by atoms with van der Waals surface area (Å²) in [5.41, 5.74) is 5.18. The number of rotatable bonds is 4. The van der Waals surface area contributed by atoms with E-state index in [1.165, 1.54) is 17.0 Å². The highest BCUT2D eigenvalue weighted by atomic mass is 79.9. The lowest BCUT2D eigenvalue weighted by Crippen LogP contribution is -2.49. The first kappa shape index (κ1) is 15.9. The van der Waals surface area contributed by atoms with Gasteiger partial charge in [0.25, 0.3) is 5.91 Å². The third-order valence-corrected chi connectivity index (χ3v) is 4.17. The number of piperidine rings is 1. The number of carbonyl (C=O) groups excluding carboxylic acids is 2. The molecule has 2 rings (SSSR count). The second-order valence-corrected chi connectivity index (χ2v) is 5.83. The predicted octanol–water partition coefficient (Wildman–Crippen LogP) is 1.27. The van der Waals surface area contributed by atoms with Gasteiger partial charge in [-0.15, -0.1) is 0 Å². The first-order valence-corrected chi connectivity index (χ1v) is 7.54. The fourth-order valence-electron chi connectivity index (χ4n) is 2.50. The molecule has 21 heavy (non-hydrogen) atoms. The van der Waals surface area contributed by atoms with Crippen LogP contribution < -0.4 is 11.1 Å². The maximum absolute atomic E-state index is 14.0. The molecule has 7 heteroatoms. The van der Waals surface area contributed by atoms with E-state index in [1.54, 1.807) is 6.07 Å². The Morgan fingerprint density at radius 2 is 2.05 bits per heavy atom. The van der Waals surface area contributed by atoms with Crippen molar-refractivity contribution in [3.63, 3.8) is 0 Å². The molecule has 0 bridgehead atoms. The molecule has 0 spiro atoms. The third-order valence-electron chi connectivity index (χ3n) is 3.51. The number of hydrogen-bond acceptors (Lipinski definition) is 3. The molecule has 1 saturated heterocycles. The monoisotopic (exact) mass is 357 g/mol. The Balaban J connectivity index is 2.31. The molecular weight excluding hydrogens is 341 g/mol. The maximum Gasteiger partial charge on any atom is 0.258 e. The topological polar surface area (TPSA) is 75.4 Å². The quantitative estimate of drug-likeness (QED) is 0.851. The van der Waals surface area contributed by atoms with Gasteiger partial charge >= 0.3 is 0 Å². The van der Waals surface area contributed by atoms with E-state index in [1.807, 2.05) is 0 Å². The molecule has 1 heterocycles. The van der Waals surface area contributed by atoms with Gasteiger partial charge in [-0.2, -0.15) is 0 Å². The van der Waals surface area contributed by atoms with E-state index in [9.17, 15) is 14.0 Å². The zero-order valence-corrected chi connectivity index (χ0v) is 13.0. The fraction of sp³-hybridized carbons (Fsp3) is 0.429. The molecule has 0 radical (unpaired) electrons. The van der Waals surface area contributed by atoms with E-state index in [0.717, 1.165) is 13.1 Å².